The standard InChI is InChI=1S/C14H19NO4/c1-14(2,8-12(16)17)10-5-3-9(4-6-10)7-11(15)13(18)19/h3-6,11H,7-8,15H2,1-2H3,(H,16,17)(H,18,19)/t11-/m0/s1. The molecule has 1 aromatic carbocycles. The van der Waals surface area contributed by atoms with Crippen LogP contribution in [0.2, 0.25) is 0 Å². The molecule has 0 aliphatic heterocycles. The third-order valence-electron chi connectivity index (χ3n) is 3.10. The molecule has 5 heteroatoms. The second kappa shape index (κ2) is 5.84. The zero-order chi connectivity index (χ0) is 14.6. The molecule has 0 radical (unpaired) electrons. The van der Waals surface area contributed by atoms with Gasteiger partial charge in [-0.15, -0.1) is 0 Å². The second-order valence-corrected chi connectivity index (χ2v) is 5.30. The molecule has 0 spiro atoms. The van der Waals surface area contributed by atoms with Gasteiger partial charge in [0.05, 0.1) is 6.42 Å². The molecule has 0 aliphatic rings. The summed E-state index contributed by atoms with van der Waals surface area (Å²) >= 11 is 0. The predicted molar refractivity (Wildman–Crippen MR) is 71.0 cm³/mol. The van der Waals surface area contributed by atoms with Gasteiger partial charge in [-0.25, -0.2) is 0 Å². The van der Waals surface area contributed by atoms with Crippen LogP contribution in [0.15, 0.2) is 24.3 Å². The van der Waals surface area contributed by atoms with Gasteiger partial charge in [-0.2, -0.15) is 0 Å². The first-order valence-electron chi connectivity index (χ1n) is 6.02. The van der Waals surface area contributed by atoms with Crippen molar-refractivity contribution in [3.8, 4) is 0 Å². The molecule has 19 heavy (non-hydrogen) atoms. The van der Waals surface area contributed by atoms with Gasteiger partial charge in [0.2, 0.25) is 0 Å². The Hall–Kier alpha value is -1.88. The van der Waals surface area contributed by atoms with Crippen molar-refractivity contribution in [1.82, 2.24) is 0 Å². The first-order chi connectivity index (χ1) is 8.72. The molecule has 0 aliphatic carbocycles. The summed E-state index contributed by atoms with van der Waals surface area (Å²) in [6.07, 6.45) is 0.302. The van der Waals surface area contributed by atoms with Crippen LogP contribution in [0, 0.1) is 0 Å². The van der Waals surface area contributed by atoms with Gasteiger partial charge >= 0.3 is 11.9 Å². The highest BCUT2D eigenvalue weighted by Gasteiger charge is 2.24. The number of nitrogens with two attached hydrogens (primary N) is 1. The van der Waals surface area contributed by atoms with E-state index in [1.807, 2.05) is 26.0 Å². The molecule has 0 fully saturated rings. The highest BCUT2D eigenvalue weighted by atomic mass is 16.4. The molecule has 5 nitrogen and oxygen atoms in total. The van der Waals surface area contributed by atoms with E-state index in [9.17, 15) is 9.59 Å². The van der Waals surface area contributed by atoms with E-state index >= 15 is 0 Å². The molecule has 0 heterocycles. The summed E-state index contributed by atoms with van der Waals surface area (Å²) in [7, 11) is 0. The number of carbonyl (C=O) groups is 2. The Kier molecular flexibility index (Phi) is 4.67. The van der Waals surface area contributed by atoms with Gasteiger partial charge in [0.15, 0.2) is 0 Å². The van der Waals surface area contributed by atoms with E-state index < -0.39 is 23.4 Å². The minimum absolute atomic E-state index is 0.0426. The van der Waals surface area contributed by atoms with E-state index in [0.717, 1.165) is 11.1 Å². The van der Waals surface area contributed by atoms with Crippen molar-refractivity contribution in [2.45, 2.75) is 38.1 Å². The second-order valence-electron chi connectivity index (χ2n) is 5.30. The van der Waals surface area contributed by atoms with Crippen molar-refractivity contribution < 1.29 is 19.8 Å². The lowest BCUT2D eigenvalue weighted by molar-refractivity contribution is -0.139. The van der Waals surface area contributed by atoms with Gasteiger partial charge < -0.3 is 15.9 Å². The Balaban J connectivity index is 2.81. The van der Waals surface area contributed by atoms with Crippen LogP contribution >= 0.6 is 0 Å². The SMILES string of the molecule is CC(C)(CC(=O)O)c1ccc(C[C@H](N)C(=O)O)cc1. The lowest BCUT2D eigenvalue weighted by Crippen LogP contribution is -2.32. The summed E-state index contributed by atoms with van der Waals surface area (Å²) in [6, 6.07) is 6.32. The Morgan fingerprint density at radius 1 is 1.21 bits per heavy atom. The van der Waals surface area contributed by atoms with Gasteiger partial charge in [-0.05, 0) is 17.5 Å². The summed E-state index contributed by atoms with van der Waals surface area (Å²) in [4.78, 5) is 21.5. The van der Waals surface area contributed by atoms with Gasteiger partial charge in [-0.1, -0.05) is 38.1 Å². The van der Waals surface area contributed by atoms with Crippen LogP contribution in [0.3, 0.4) is 0 Å². The molecular weight excluding hydrogens is 246 g/mol. The van der Waals surface area contributed by atoms with E-state index in [4.69, 9.17) is 15.9 Å². The number of benzene rings is 1. The largest absolute Gasteiger partial charge is 0.481 e. The maximum absolute atomic E-state index is 10.8. The van der Waals surface area contributed by atoms with Gasteiger partial charge in [0, 0.05) is 5.41 Å². The van der Waals surface area contributed by atoms with Crippen LogP contribution in [-0.2, 0) is 21.4 Å². The van der Waals surface area contributed by atoms with E-state index in [2.05, 4.69) is 0 Å². The summed E-state index contributed by atoms with van der Waals surface area (Å²) in [5.74, 6) is -1.88. The monoisotopic (exact) mass is 265 g/mol. The van der Waals surface area contributed by atoms with E-state index in [0.29, 0.717) is 0 Å². The van der Waals surface area contributed by atoms with Crippen LogP contribution in [0.25, 0.3) is 0 Å². The Morgan fingerprint density at radius 3 is 2.16 bits per heavy atom. The highest BCUT2D eigenvalue weighted by Crippen LogP contribution is 2.27. The lowest BCUT2D eigenvalue weighted by atomic mass is 9.81. The fourth-order valence-corrected chi connectivity index (χ4v) is 1.91. The third-order valence-corrected chi connectivity index (χ3v) is 3.10. The average Bonchev–Trinajstić information content (AvgIpc) is 2.27. The summed E-state index contributed by atoms with van der Waals surface area (Å²) in [5, 5.41) is 17.6. The van der Waals surface area contributed by atoms with Crippen LogP contribution in [0.4, 0.5) is 0 Å². The zero-order valence-electron chi connectivity index (χ0n) is 11.1. The fourth-order valence-electron chi connectivity index (χ4n) is 1.91. The van der Waals surface area contributed by atoms with Crippen molar-refractivity contribution in [2.24, 2.45) is 5.73 Å². The number of hydrogen-bond donors (Lipinski definition) is 3. The number of carboxylic acids is 2. The average molecular weight is 265 g/mol. The molecule has 0 bridgehead atoms. The molecular formula is C14H19NO4. The summed E-state index contributed by atoms with van der Waals surface area (Å²) in [5.41, 5.74) is 6.73. The molecule has 0 amide bonds. The minimum atomic E-state index is -1.03. The van der Waals surface area contributed by atoms with Crippen molar-refractivity contribution in [1.29, 1.82) is 0 Å². The Labute approximate surface area is 112 Å². The molecule has 0 unspecified atom stereocenters. The van der Waals surface area contributed by atoms with Crippen LogP contribution in [0.5, 0.6) is 0 Å². The van der Waals surface area contributed by atoms with Crippen molar-refractivity contribution in [2.75, 3.05) is 0 Å². The Bertz CT molecular complexity index is 465. The smallest absolute Gasteiger partial charge is 0.320 e. The number of aliphatic carboxylic acids is 2. The van der Waals surface area contributed by atoms with Crippen molar-refractivity contribution in [3.05, 3.63) is 35.4 Å². The van der Waals surface area contributed by atoms with Gasteiger partial charge in [0.1, 0.15) is 6.04 Å². The van der Waals surface area contributed by atoms with Crippen LogP contribution in [-0.4, -0.2) is 28.2 Å². The zero-order valence-corrected chi connectivity index (χ0v) is 11.1. The maximum atomic E-state index is 10.8. The normalized spacial score (nSPS) is 13.0. The van der Waals surface area contributed by atoms with Crippen LogP contribution < -0.4 is 5.73 Å². The lowest BCUT2D eigenvalue weighted by Gasteiger charge is -2.23. The van der Waals surface area contributed by atoms with Gasteiger partial charge in [0.25, 0.3) is 0 Å². The number of rotatable bonds is 6. The van der Waals surface area contributed by atoms with Crippen molar-refractivity contribution >= 4 is 11.9 Å². The predicted octanol–water partition coefficient (Wildman–Crippen LogP) is 1.39. The first kappa shape index (κ1) is 15.2. The van der Waals surface area contributed by atoms with Crippen LogP contribution in [0.1, 0.15) is 31.4 Å². The molecule has 4 N–H and O–H groups in total. The number of hydrogen-bond acceptors (Lipinski definition) is 3. The molecule has 1 aromatic rings. The Morgan fingerprint density at radius 2 is 1.74 bits per heavy atom. The first-order valence-corrected chi connectivity index (χ1v) is 6.02. The topological polar surface area (TPSA) is 101 Å². The van der Waals surface area contributed by atoms with E-state index in [1.165, 1.54) is 0 Å². The third kappa shape index (κ3) is 4.37. The molecule has 1 atom stereocenters. The van der Waals surface area contributed by atoms with Gasteiger partial charge in [-0.3, -0.25) is 9.59 Å². The quantitative estimate of drug-likeness (QED) is 0.721. The number of carboxylic acid groups (broad SMARTS) is 2. The van der Waals surface area contributed by atoms with E-state index in [-0.39, 0.29) is 12.8 Å². The maximum Gasteiger partial charge on any atom is 0.320 e. The molecule has 104 valence electrons. The molecule has 0 aromatic heterocycles. The summed E-state index contributed by atoms with van der Waals surface area (Å²) in [6.45, 7) is 3.72. The minimum Gasteiger partial charge on any atom is -0.481 e. The van der Waals surface area contributed by atoms with E-state index in [1.54, 1.807) is 12.1 Å². The fraction of sp³-hybridized carbons (Fsp3) is 0.429. The molecule has 1 rings (SSSR count). The van der Waals surface area contributed by atoms with Crippen molar-refractivity contribution in [3.63, 3.8) is 0 Å². The molecule has 0 saturated heterocycles. The summed E-state index contributed by atoms with van der Waals surface area (Å²) < 4.78 is 0. The molecule has 0 saturated carbocycles. The highest BCUT2D eigenvalue weighted by molar-refractivity contribution is 5.73.